The summed E-state index contributed by atoms with van der Waals surface area (Å²) in [5, 5.41) is 9.55. The summed E-state index contributed by atoms with van der Waals surface area (Å²) < 4.78 is 12.8. The van der Waals surface area contributed by atoms with Crippen LogP contribution in [0.1, 0.15) is 18.4 Å². The van der Waals surface area contributed by atoms with Gasteiger partial charge in [-0.15, -0.1) is 0 Å². The van der Waals surface area contributed by atoms with Crippen molar-refractivity contribution in [3.8, 4) is 5.75 Å². The van der Waals surface area contributed by atoms with Crippen molar-refractivity contribution in [2.24, 2.45) is 0 Å². The molecule has 14 heavy (non-hydrogen) atoms. The molecule has 1 saturated carbocycles. The van der Waals surface area contributed by atoms with Crippen LogP contribution >= 0.6 is 0 Å². The maximum Gasteiger partial charge on any atom is 0.130 e. The summed E-state index contributed by atoms with van der Waals surface area (Å²) in [6.45, 7) is 0. The van der Waals surface area contributed by atoms with Gasteiger partial charge < -0.3 is 9.90 Å². The Morgan fingerprint density at radius 3 is 2.57 bits per heavy atom. The van der Waals surface area contributed by atoms with Crippen LogP contribution in [0.25, 0.3) is 0 Å². The van der Waals surface area contributed by atoms with Gasteiger partial charge in [-0.3, -0.25) is 0 Å². The molecule has 0 atom stereocenters. The third kappa shape index (κ3) is 1.20. The summed E-state index contributed by atoms with van der Waals surface area (Å²) in [4.78, 5) is 10.9. The molecule has 0 aromatic heterocycles. The number of hydrogen-bond acceptors (Lipinski definition) is 2. The lowest BCUT2D eigenvalue weighted by Crippen LogP contribution is -2.43. The van der Waals surface area contributed by atoms with E-state index >= 15 is 0 Å². The molecule has 1 fully saturated rings. The molecule has 0 bridgehead atoms. The molecule has 0 unspecified atom stereocenters. The van der Waals surface area contributed by atoms with Crippen molar-refractivity contribution in [3.05, 3.63) is 29.8 Å². The normalized spacial score (nSPS) is 30.8. The number of para-hydroxylation sites is 1. The van der Waals surface area contributed by atoms with Gasteiger partial charge in [0.25, 0.3) is 0 Å². The molecule has 74 valence electrons. The van der Waals surface area contributed by atoms with E-state index in [1.54, 1.807) is 18.2 Å². The lowest BCUT2D eigenvalue weighted by molar-refractivity contribution is -0.117. The molecule has 1 aromatic rings. The number of aldehydes is 1. The van der Waals surface area contributed by atoms with Crippen LogP contribution in [0.5, 0.6) is 5.75 Å². The molecule has 1 aliphatic rings. The minimum atomic E-state index is -0.917. The molecular formula is C11H11FO2. The van der Waals surface area contributed by atoms with Crippen LogP contribution in [0.2, 0.25) is 0 Å². The fourth-order valence-electron chi connectivity index (χ4n) is 2.00. The maximum absolute atomic E-state index is 12.8. The Hall–Kier alpha value is -1.38. The van der Waals surface area contributed by atoms with Crippen molar-refractivity contribution in [2.45, 2.75) is 24.4 Å². The second-order valence-corrected chi connectivity index (χ2v) is 3.80. The van der Waals surface area contributed by atoms with Crippen molar-refractivity contribution >= 4 is 6.29 Å². The molecule has 0 amide bonds. The van der Waals surface area contributed by atoms with E-state index in [0.29, 0.717) is 5.56 Å². The van der Waals surface area contributed by atoms with E-state index in [9.17, 15) is 14.3 Å². The van der Waals surface area contributed by atoms with Gasteiger partial charge in [-0.25, -0.2) is 4.39 Å². The number of hydrogen-bond donors (Lipinski definition) is 1. The highest BCUT2D eigenvalue weighted by atomic mass is 19.1. The Morgan fingerprint density at radius 2 is 2.07 bits per heavy atom. The van der Waals surface area contributed by atoms with Crippen LogP contribution < -0.4 is 0 Å². The van der Waals surface area contributed by atoms with Gasteiger partial charge in [0.2, 0.25) is 0 Å². The van der Waals surface area contributed by atoms with Crippen LogP contribution in [-0.2, 0) is 10.2 Å². The molecule has 1 aliphatic carbocycles. The van der Waals surface area contributed by atoms with Gasteiger partial charge in [0.15, 0.2) is 0 Å². The summed E-state index contributed by atoms with van der Waals surface area (Å²) in [6, 6.07) is 6.62. The fourth-order valence-corrected chi connectivity index (χ4v) is 2.00. The molecule has 0 heterocycles. The van der Waals surface area contributed by atoms with E-state index in [1.165, 1.54) is 6.07 Å². The Kier molecular flexibility index (Phi) is 2.02. The van der Waals surface area contributed by atoms with Crippen LogP contribution in [0, 0.1) is 0 Å². The van der Waals surface area contributed by atoms with E-state index in [-0.39, 0.29) is 18.6 Å². The number of carbonyl (C=O) groups is 1. The van der Waals surface area contributed by atoms with E-state index in [0.717, 1.165) is 6.29 Å². The summed E-state index contributed by atoms with van der Waals surface area (Å²) >= 11 is 0. The number of benzene rings is 1. The fraction of sp³-hybridized carbons (Fsp3) is 0.364. The molecule has 0 aliphatic heterocycles. The molecular weight excluding hydrogens is 183 g/mol. The largest absolute Gasteiger partial charge is 0.508 e. The standard InChI is InChI=1S/C11H11FO2/c12-8-5-11(6-8,7-13)9-3-1-2-4-10(9)14/h1-4,7-8,14H,5-6H2. The van der Waals surface area contributed by atoms with Crippen molar-refractivity contribution in [1.82, 2.24) is 0 Å². The monoisotopic (exact) mass is 194 g/mol. The predicted octanol–water partition coefficient (Wildman–Crippen LogP) is 1.96. The van der Waals surface area contributed by atoms with Gasteiger partial charge in [0.05, 0.1) is 5.41 Å². The quantitative estimate of drug-likeness (QED) is 0.731. The lowest BCUT2D eigenvalue weighted by Gasteiger charge is -2.40. The molecule has 2 nitrogen and oxygen atoms in total. The Morgan fingerprint density at radius 1 is 1.43 bits per heavy atom. The van der Waals surface area contributed by atoms with Crippen molar-refractivity contribution in [1.29, 1.82) is 0 Å². The maximum atomic E-state index is 12.8. The van der Waals surface area contributed by atoms with Crippen LogP contribution in [-0.4, -0.2) is 17.6 Å². The zero-order valence-corrected chi connectivity index (χ0v) is 7.61. The molecule has 1 N–H and O–H groups in total. The molecule has 2 rings (SSSR count). The molecule has 0 radical (unpaired) electrons. The highest BCUT2D eigenvalue weighted by Crippen LogP contribution is 2.46. The van der Waals surface area contributed by atoms with Gasteiger partial charge >= 0.3 is 0 Å². The Balaban J connectivity index is 2.38. The van der Waals surface area contributed by atoms with E-state index in [1.807, 2.05) is 0 Å². The van der Waals surface area contributed by atoms with E-state index < -0.39 is 11.6 Å². The van der Waals surface area contributed by atoms with Crippen molar-refractivity contribution in [3.63, 3.8) is 0 Å². The molecule has 3 heteroatoms. The van der Waals surface area contributed by atoms with Crippen LogP contribution in [0.15, 0.2) is 24.3 Å². The zero-order chi connectivity index (χ0) is 10.2. The topological polar surface area (TPSA) is 37.3 Å². The number of phenols is 1. The van der Waals surface area contributed by atoms with Gasteiger partial charge in [-0.2, -0.15) is 0 Å². The highest BCUT2D eigenvalue weighted by molar-refractivity contribution is 5.72. The first-order chi connectivity index (χ1) is 6.68. The summed E-state index contributed by atoms with van der Waals surface area (Å²) in [5.41, 5.74) is -0.242. The van der Waals surface area contributed by atoms with Gasteiger partial charge in [0, 0.05) is 5.56 Å². The number of rotatable bonds is 2. The SMILES string of the molecule is O=CC1(c2ccccc2O)CC(F)C1. The van der Waals surface area contributed by atoms with E-state index in [2.05, 4.69) is 0 Å². The summed E-state index contributed by atoms with van der Waals surface area (Å²) in [7, 11) is 0. The Labute approximate surface area is 81.4 Å². The lowest BCUT2D eigenvalue weighted by atomic mass is 9.64. The zero-order valence-electron chi connectivity index (χ0n) is 7.61. The number of carbonyl (C=O) groups excluding carboxylic acids is 1. The third-order valence-corrected chi connectivity index (χ3v) is 2.84. The highest BCUT2D eigenvalue weighted by Gasteiger charge is 2.47. The number of phenolic OH excluding ortho intramolecular Hbond substituents is 1. The smallest absolute Gasteiger partial charge is 0.130 e. The second kappa shape index (κ2) is 3.08. The molecule has 0 saturated heterocycles. The van der Waals surface area contributed by atoms with E-state index in [4.69, 9.17) is 0 Å². The number of aromatic hydroxyl groups is 1. The average Bonchev–Trinajstić information content (AvgIpc) is 2.14. The first-order valence-corrected chi connectivity index (χ1v) is 4.57. The Bertz CT molecular complexity index is 356. The minimum absolute atomic E-state index is 0.0755. The first kappa shape index (κ1) is 9.19. The second-order valence-electron chi connectivity index (χ2n) is 3.80. The number of halogens is 1. The van der Waals surface area contributed by atoms with Crippen LogP contribution in [0.4, 0.5) is 4.39 Å². The predicted molar refractivity (Wildman–Crippen MR) is 50.0 cm³/mol. The minimum Gasteiger partial charge on any atom is -0.508 e. The van der Waals surface area contributed by atoms with Gasteiger partial charge in [-0.05, 0) is 18.9 Å². The van der Waals surface area contributed by atoms with Gasteiger partial charge in [0.1, 0.15) is 18.2 Å². The summed E-state index contributed by atoms with van der Waals surface area (Å²) in [6.07, 6.45) is 0.208. The molecule has 1 aromatic carbocycles. The third-order valence-electron chi connectivity index (χ3n) is 2.84. The number of alkyl halides is 1. The summed E-state index contributed by atoms with van der Waals surface area (Å²) in [5.74, 6) is 0.0755. The van der Waals surface area contributed by atoms with Crippen LogP contribution in [0.3, 0.4) is 0 Å². The van der Waals surface area contributed by atoms with Crippen molar-refractivity contribution < 1.29 is 14.3 Å². The average molecular weight is 194 g/mol. The first-order valence-electron chi connectivity index (χ1n) is 4.57. The van der Waals surface area contributed by atoms with Crippen molar-refractivity contribution in [2.75, 3.05) is 0 Å². The molecule has 0 spiro atoms. The van der Waals surface area contributed by atoms with Gasteiger partial charge in [-0.1, -0.05) is 18.2 Å².